The van der Waals surface area contributed by atoms with E-state index in [1.54, 1.807) is 0 Å². The van der Waals surface area contributed by atoms with Crippen LogP contribution in [0.3, 0.4) is 0 Å². The van der Waals surface area contributed by atoms with Gasteiger partial charge in [-0.05, 0) is 58.8 Å². The fourth-order valence-corrected chi connectivity index (χ4v) is 2.98. The molecule has 0 fully saturated rings. The molecule has 0 aliphatic carbocycles. The summed E-state index contributed by atoms with van der Waals surface area (Å²) in [5, 5.41) is 7.02. The van der Waals surface area contributed by atoms with Crippen LogP contribution in [0.25, 0.3) is 0 Å². The van der Waals surface area contributed by atoms with Crippen LogP contribution in [0.2, 0.25) is 0 Å². The van der Waals surface area contributed by atoms with Gasteiger partial charge in [0, 0.05) is 12.1 Å². The number of rotatable bonds is 7. The number of carbonyl (C=O) groups excluding carboxylic acids is 1. The zero-order valence-corrected chi connectivity index (χ0v) is 15.2. The molecular weight excluding hydrogens is 302 g/mol. The number of hydrogen-bond donors (Lipinski definition) is 1. The molecule has 1 amide bonds. The summed E-state index contributed by atoms with van der Waals surface area (Å²) in [4.78, 5) is 14.6. The lowest BCUT2D eigenvalue weighted by molar-refractivity contribution is -0.125. The SMILES string of the molecule is Cc1ccccc1[C@@H](C(=O)NCCCc1c(C)noc1C)N(C)C. The highest BCUT2D eigenvalue weighted by molar-refractivity contribution is 5.83. The number of nitrogens with zero attached hydrogens (tertiary/aromatic N) is 2. The average molecular weight is 329 g/mol. The van der Waals surface area contributed by atoms with Crippen LogP contribution in [0, 0.1) is 20.8 Å². The summed E-state index contributed by atoms with van der Waals surface area (Å²) in [5.41, 5.74) is 4.25. The van der Waals surface area contributed by atoms with E-state index in [4.69, 9.17) is 4.52 Å². The number of carbonyl (C=O) groups is 1. The second kappa shape index (κ2) is 8.11. The minimum atomic E-state index is -0.273. The van der Waals surface area contributed by atoms with Crippen LogP contribution in [0.5, 0.6) is 0 Å². The monoisotopic (exact) mass is 329 g/mol. The molecular formula is C19H27N3O2. The van der Waals surface area contributed by atoms with Crippen molar-refractivity contribution < 1.29 is 9.32 Å². The Morgan fingerprint density at radius 1 is 1.25 bits per heavy atom. The molecule has 0 spiro atoms. The quantitative estimate of drug-likeness (QED) is 0.794. The van der Waals surface area contributed by atoms with Gasteiger partial charge in [-0.15, -0.1) is 0 Å². The zero-order chi connectivity index (χ0) is 17.7. The average Bonchev–Trinajstić information content (AvgIpc) is 2.85. The minimum absolute atomic E-state index is 0.0352. The van der Waals surface area contributed by atoms with Crippen molar-refractivity contribution in [3.8, 4) is 0 Å². The lowest BCUT2D eigenvalue weighted by Crippen LogP contribution is -2.37. The first-order chi connectivity index (χ1) is 11.4. The van der Waals surface area contributed by atoms with Gasteiger partial charge in [-0.1, -0.05) is 29.4 Å². The van der Waals surface area contributed by atoms with E-state index in [-0.39, 0.29) is 11.9 Å². The van der Waals surface area contributed by atoms with Gasteiger partial charge in [-0.3, -0.25) is 9.69 Å². The maximum absolute atomic E-state index is 12.6. The van der Waals surface area contributed by atoms with Crippen molar-refractivity contribution in [3.05, 3.63) is 52.4 Å². The number of aromatic nitrogens is 1. The molecule has 0 aliphatic heterocycles. The number of benzene rings is 1. The van der Waals surface area contributed by atoms with Crippen LogP contribution in [0.15, 0.2) is 28.8 Å². The van der Waals surface area contributed by atoms with Crippen molar-refractivity contribution in [2.24, 2.45) is 0 Å². The summed E-state index contributed by atoms with van der Waals surface area (Å²) in [7, 11) is 3.86. The maximum Gasteiger partial charge on any atom is 0.241 e. The first kappa shape index (κ1) is 18.2. The van der Waals surface area contributed by atoms with E-state index in [0.717, 1.165) is 41.0 Å². The molecule has 0 bridgehead atoms. The summed E-state index contributed by atoms with van der Waals surface area (Å²) in [6.07, 6.45) is 1.72. The van der Waals surface area contributed by atoms with E-state index >= 15 is 0 Å². The molecule has 1 aromatic carbocycles. The highest BCUT2D eigenvalue weighted by Gasteiger charge is 2.23. The second-order valence-corrected chi connectivity index (χ2v) is 6.42. The van der Waals surface area contributed by atoms with E-state index in [2.05, 4.69) is 10.5 Å². The molecule has 1 heterocycles. The van der Waals surface area contributed by atoms with Gasteiger partial charge in [0.1, 0.15) is 11.8 Å². The normalized spacial score (nSPS) is 12.4. The molecule has 1 atom stereocenters. The Labute approximate surface area is 144 Å². The molecule has 0 unspecified atom stereocenters. The Balaban J connectivity index is 1.93. The van der Waals surface area contributed by atoms with E-state index in [1.165, 1.54) is 0 Å². The van der Waals surface area contributed by atoms with Gasteiger partial charge < -0.3 is 9.84 Å². The van der Waals surface area contributed by atoms with Gasteiger partial charge in [0.25, 0.3) is 0 Å². The first-order valence-electron chi connectivity index (χ1n) is 8.33. The van der Waals surface area contributed by atoms with Crippen molar-refractivity contribution in [2.45, 2.75) is 39.7 Å². The van der Waals surface area contributed by atoms with E-state index in [1.807, 2.05) is 64.0 Å². The topological polar surface area (TPSA) is 58.4 Å². The van der Waals surface area contributed by atoms with Gasteiger partial charge in [0.15, 0.2) is 0 Å². The molecule has 1 aromatic heterocycles. The fraction of sp³-hybridized carbons (Fsp3) is 0.474. The van der Waals surface area contributed by atoms with Crippen LogP contribution in [-0.2, 0) is 11.2 Å². The predicted octanol–water partition coefficient (Wildman–Crippen LogP) is 2.95. The molecule has 24 heavy (non-hydrogen) atoms. The maximum atomic E-state index is 12.6. The van der Waals surface area contributed by atoms with Crippen molar-refractivity contribution >= 4 is 5.91 Å². The van der Waals surface area contributed by atoms with Crippen molar-refractivity contribution in [1.29, 1.82) is 0 Å². The Hall–Kier alpha value is -2.14. The molecule has 1 N–H and O–H groups in total. The molecule has 0 aliphatic rings. The van der Waals surface area contributed by atoms with Crippen LogP contribution in [-0.4, -0.2) is 36.6 Å². The summed E-state index contributed by atoms with van der Waals surface area (Å²) < 4.78 is 5.17. The van der Waals surface area contributed by atoms with Gasteiger partial charge in [0.05, 0.1) is 5.69 Å². The lowest BCUT2D eigenvalue weighted by atomic mass is 9.99. The smallest absolute Gasteiger partial charge is 0.241 e. The van der Waals surface area contributed by atoms with Crippen LogP contribution in [0.4, 0.5) is 0 Å². The molecule has 0 saturated heterocycles. The van der Waals surface area contributed by atoms with Gasteiger partial charge in [-0.25, -0.2) is 0 Å². The fourth-order valence-electron chi connectivity index (χ4n) is 2.98. The Kier molecular flexibility index (Phi) is 6.15. The van der Waals surface area contributed by atoms with Crippen LogP contribution in [0.1, 0.15) is 40.6 Å². The van der Waals surface area contributed by atoms with E-state index in [0.29, 0.717) is 6.54 Å². The third-order valence-electron chi connectivity index (χ3n) is 4.33. The largest absolute Gasteiger partial charge is 0.361 e. The molecule has 5 heteroatoms. The van der Waals surface area contributed by atoms with Crippen LogP contribution >= 0.6 is 0 Å². The van der Waals surface area contributed by atoms with E-state index in [9.17, 15) is 4.79 Å². The summed E-state index contributed by atoms with van der Waals surface area (Å²) in [5.74, 6) is 0.901. The summed E-state index contributed by atoms with van der Waals surface area (Å²) >= 11 is 0. The van der Waals surface area contributed by atoms with Gasteiger partial charge in [-0.2, -0.15) is 0 Å². The Bertz CT molecular complexity index is 672. The van der Waals surface area contributed by atoms with E-state index < -0.39 is 0 Å². The minimum Gasteiger partial charge on any atom is -0.361 e. The van der Waals surface area contributed by atoms with Gasteiger partial charge >= 0.3 is 0 Å². The second-order valence-electron chi connectivity index (χ2n) is 6.42. The summed E-state index contributed by atoms with van der Waals surface area (Å²) in [6.45, 7) is 6.55. The lowest BCUT2D eigenvalue weighted by Gasteiger charge is -2.25. The molecule has 0 saturated carbocycles. The molecule has 2 rings (SSSR count). The van der Waals surface area contributed by atoms with Crippen molar-refractivity contribution in [1.82, 2.24) is 15.4 Å². The molecule has 130 valence electrons. The van der Waals surface area contributed by atoms with Crippen LogP contribution < -0.4 is 5.32 Å². The van der Waals surface area contributed by atoms with Crippen molar-refractivity contribution in [3.63, 3.8) is 0 Å². The Morgan fingerprint density at radius 2 is 1.96 bits per heavy atom. The number of hydrogen-bond acceptors (Lipinski definition) is 4. The molecule has 2 aromatic rings. The zero-order valence-electron chi connectivity index (χ0n) is 15.2. The Morgan fingerprint density at radius 3 is 2.54 bits per heavy atom. The van der Waals surface area contributed by atoms with Crippen molar-refractivity contribution in [2.75, 3.05) is 20.6 Å². The third kappa shape index (κ3) is 4.23. The van der Waals surface area contributed by atoms with Gasteiger partial charge in [0.2, 0.25) is 5.91 Å². The number of amides is 1. The molecule has 0 radical (unpaired) electrons. The molecule has 5 nitrogen and oxygen atoms in total. The number of aryl methyl sites for hydroxylation is 3. The standard InChI is InChI=1S/C19H27N3O2/c1-13-9-6-7-10-16(13)18(22(4)5)19(23)20-12-8-11-17-14(2)21-24-15(17)3/h6-7,9-10,18H,8,11-12H2,1-5H3,(H,20,23)/t18-/m0/s1. The predicted molar refractivity (Wildman–Crippen MR) is 94.9 cm³/mol. The number of likely N-dealkylation sites (N-methyl/N-ethyl adjacent to an activating group) is 1. The third-order valence-corrected chi connectivity index (χ3v) is 4.33. The highest BCUT2D eigenvalue weighted by atomic mass is 16.5. The number of nitrogens with one attached hydrogen (secondary N) is 1. The summed E-state index contributed by atoms with van der Waals surface area (Å²) in [6, 6.07) is 7.75. The first-order valence-corrected chi connectivity index (χ1v) is 8.33. The highest BCUT2D eigenvalue weighted by Crippen LogP contribution is 2.22.